The number of methoxy groups -OCH3 is 1. The maximum absolute atomic E-state index is 12.8. The number of aryl methyl sites for hydroxylation is 1. The van der Waals surface area contributed by atoms with E-state index in [1.165, 1.54) is 12.4 Å². The number of benzene rings is 1. The van der Waals surface area contributed by atoms with Gasteiger partial charge in [0.1, 0.15) is 5.82 Å². The molecule has 2 aromatic rings. The summed E-state index contributed by atoms with van der Waals surface area (Å²) < 4.78 is 37.4. The molecule has 1 aromatic carbocycles. The molecule has 0 amide bonds. The van der Waals surface area contributed by atoms with Crippen molar-refractivity contribution in [3.8, 4) is 11.5 Å². The number of aromatic nitrogens is 2. The molecule has 1 heterocycles. The summed E-state index contributed by atoms with van der Waals surface area (Å²) in [5.41, 5.74) is 1.15. The largest absolute Gasteiger partial charge is 0.493 e. The Morgan fingerprint density at radius 2 is 2.07 bits per heavy atom. The maximum atomic E-state index is 12.8. The standard InChI is InChI=1S/C19H27F2N5O2.HI/c1-4-28-16-12-14(7-8-15(16)27-3)6-5-9-24-19(22-2)25-13-17-23-10-11-26(17)18(20)21;/h7-8,10-12,18H,4-6,9,13H2,1-3H3,(H2,22,24,25);1H. The van der Waals surface area contributed by atoms with Gasteiger partial charge in [0.2, 0.25) is 0 Å². The molecule has 1 aromatic heterocycles. The normalized spacial score (nSPS) is 11.2. The Bertz CT molecular complexity index is 771. The second-order valence-corrected chi connectivity index (χ2v) is 5.90. The van der Waals surface area contributed by atoms with Gasteiger partial charge in [-0.2, -0.15) is 8.78 Å². The summed E-state index contributed by atoms with van der Waals surface area (Å²) in [5, 5.41) is 6.16. The molecule has 0 fully saturated rings. The molecule has 2 rings (SSSR count). The van der Waals surface area contributed by atoms with Crippen LogP contribution in [0.15, 0.2) is 35.6 Å². The number of guanidine groups is 1. The zero-order chi connectivity index (χ0) is 20.4. The first-order valence-electron chi connectivity index (χ1n) is 9.13. The fraction of sp³-hybridized carbons (Fsp3) is 0.474. The molecule has 0 spiro atoms. The number of halogens is 3. The Labute approximate surface area is 186 Å². The van der Waals surface area contributed by atoms with E-state index in [9.17, 15) is 8.78 Å². The number of nitrogens with zero attached hydrogens (tertiary/aromatic N) is 3. The van der Waals surface area contributed by atoms with Gasteiger partial charge in [0.05, 0.1) is 20.3 Å². The number of hydrogen-bond donors (Lipinski definition) is 2. The van der Waals surface area contributed by atoms with Crippen molar-refractivity contribution in [3.05, 3.63) is 42.0 Å². The zero-order valence-corrected chi connectivity index (χ0v) is 19.2. The van der Waals surface area contributed by atoms with E-state index < -0.39 is 6.55 Å². The van der Waals surface area contributed by atoms with Crippen molar-refractivity contribution in [2.45, 2.75) is 32.9 Å². The van der Waals surface area contributed by atoms with Crippen molar-refractivity contribution < 1.29 is 18.3 Å². The number of hydrogen-bond acceptors (Lipinski definition) is 4. The summed E-state index contributed by atoms with van der Waals surface area (Å²) in [6, 6.07) is 5.90. The summed E-state index contributed by atoms with van der Waals surface area (Å²) in [5.74, 6) is 2.24. The van der Waals surface area contributed by atoms with Gasteiger partial charge in [-0.05, 0) is 37.5 Å². The number of ether oxygens (including phenoxy) is 2. The number of nitrogens with one attached hydrogen (secondary N) is 2. The van der Waals surface area contributed by atoms with Gasteiger partial charge in [-0.1, -0.05) is 6.07 Å². The lowest BCUT2D eigenvalue weighted by Gasteiger charge is -2.13. The summed E-state index contributed by atoms with van der Waals surface area (Å²) >= 11 is 0. The molecular formula is C19H28F2IN5O2. The monoisotopic (exact) mass is 523 g/mol. The molecule has 7 nitrogen and oxygen atoms in total. The summed E-state index contributed by atoms with van der Waals surface area (Å²) in [7, 11) is 3.25. The van der Waals surface area contributed by atoms with E-state index in [4.69, 9.17) is 9.47 Å². The van der Waals surface area contributed by atoms with Crippen LogP contribution in [-0.2, 0) is 13.0 Å². The molecule has 0 atom stereocenters. The Kier molecular flexibility index (Phi) is 11.3. The van der Waals surface area contributed by atoms with Gasteiger partial charge in [0, 0.05) is 26.0 Å². The molecule has 0 unspecified atom stereocenters. The van der Waals surface area contributed by atoms with E-state index in [0.717, 1.165) is 34.5 Å². The molecule has 162 valence electrons. The molecule has 0 bridgehead atoms. The van der Waals surface area contributed by atoms with E-state index in [0.29, 0.717) is 19.1 Å². The van der Waals surface area contributed by atoms with Crippen LogP contribution >= 0.6 is 24.0 Å². The quantitative estimate of drug-likeness (QED) is 0.216. The number of alkyl halides is 2. The van der Waals surface area contributed by atoms with Gasteiger partial charge in [-0.15, -0.1) is 24.0 Å². The van der Waals surface area contributed by atoms with E-state index in [1.807, 2.05) is 25.1 Å². The summed E-state index contributed by atoms with van der Waals surface area (Å²) in [4.78, 5) is 8.03. The van der Waals surface area contributed by atoms with Gasteiger partial charge in [-0.25, -0.2) is 4.98 Å². The second-order valence-electron chi connectivity index (χ2n) is 5.90. The van der Waals surface area contributed by atoms with Crippen molar-refractivity contribution in [2.75, 3.05) is 27.3 Å². The molecule has 0 aliphatic rings. The van der Waals surface area contributed by atoms with Crippen LogP contribution in [0.1, 0.15) is 31.3 Å². The van der Waals surface area contributed by atoms with Gasteiger partial charge >= 0.3 is 6.55 Å². The number of rotatable bonds is 10. The smallest absolute Gasteiger partial charge is 0.319 e. The van der Waals surface area contributed by atoms with E-state index in [2.05, 4.69) is 20.6 Å². The summed E-state index contributed by atoms with van der Waals surface area (Å²) in [6.07, 6.45) is 4.32. The maximum Gasteiger partial charge on any atom is 0.319 e. The van der Waals surface area contributed by atoms with Gasteiger partial charge in [0.25, 0.3) is 0 Å². The summed E-state index contributed by atoms with van der Waals surface area (Å²) in [6.45, 7) is 0.738. The highest BCUT2D eigenvalue weighted by atomic mass is 127. The predicted molar refractivity (Wildman–Crippen MR) is 120 cm³/mol. The highest BCUT2D eigenvalue weighted by molar-refractivity contribution is 14.0. The highest BCUT2D eigenvalue weighted by Crippen LogP contribution is 2.28. The van der Waals surface area contributed by atoms with E-state index in [-0.39, 0.29) is 36.3 Å². The average molecular weight is 523 g/mol. The molecule has 10 heteroatoms. The molecule has 0 aliphatic carbocycles. The van der Waals surface area contributed by atoms with Crippen LogP contribution < -0.4 is 20.1 Å². The zero-order valence-electron chi connectivity index (χ0n) is 16.8. The van der Waals surface area contributed by atoms with Crippen LogP contribution in [0.25, 0.3) is 0 Å². The Morgan fingerprint density at radius 1 is 1.28 bits per heavy atom. The minimum Gasteiger partial charge on any atom is -0.493 e. The molecule has 29 heavy (non-hydrogen) atoms. The third-order valence-corrected chi connectivity index (χ3v) is 4.06. The molecule has 2 N–H and O–H groups in total. The van der Waals surface area contributed by atoms with Crippen LogP contribution in [-0.4, -0.2) is 42.8 Å². The van der Waals surface area contributed by atoms with Gasteiger partial charge in [-0.3, -0.25) is 9.56 Å². The fourth-order valence-electron chi connectivity index (χ4n) is 2.69. The average Bonchev–Trinajstić information content (AvgIpc) is 3.17. The third kappa shape index (κ3) is 7.67. The van der Waals surface area contributed by atoms with Crippen molar-refractivity contribution in [1.29, 1.82) is 0 Å². The molecular weight excluding hydrogens is 495 g/mol. The topological polar surface area (TPSA) is 72.7 Å². The molecule has 0 saturated heterocycles. The lowest BCUT2D eigenvalue weighted by atomic mass is 10.1. The van der Waals surface area contributed by atoms with Gasteiger partial charge < -0.3 is 20.1 Å². The molecule has 0 aliphatic heterocycles. The van der Waals surface area contributed by atoms with Crippen LogP contribution in [0.4, 0.5) is 8.78 Å². The first-order valence-corrected chi connectivity index (χ1v) is 9.13. The number of aliphatic imine (C=N–C) groups is 1. The lowest BCUT2D eigenvalue weighted by Crippen LogP contribution is -2.38. The van der Waals surface area contributed by atoms with E-state index >= 15 is 0 Å². The van der Waals surface area contributed by atoms with Crippen LogP contribution in [0.2, 0.25) is 0 Å². The molecule has 0 radical (unpaired) electrons. The fourth-order valence-corrected chi connectivity index (χ4v) is 2.69. The lowest BCUT2D eigenvalue weighted by molar-refractivity contribution is 0.0668. The van der Waals surface area contributed by atoms with Crippen molar-refractivity contribution in [1.82, 2.24) is 20.2 Å². The van der Waals surface area contributed by atoms with Crippen LogP contribution in [0.3, 0.4) is 0 Å². The predicted octanol–water partition coefficient (Wildman–Crippen LogP) is 3.60. The SMILES string of the molecule is CCOc1cc(CCCNC(=NC)NCc2nccn2C(F)F)ccc1OC.I. The first-order chi connectivity index (χ1) is 13.6. The Hall–Kier alpha value is -2.11. The minimum absolute atomic E-state index is 0. The first kappa shape index (κ1) is 24.9. The Morgan fingerprint density at radius 3 is 2.72 bits per heavy atom. The van der Waals surface area contributed by atoms with Crippen LogP contribution in [0, 0.1) is 0 Å². The molecule has 0 saturated carbocycles. The minimum atomic E-state index is -2.61. The number of imidazole rings is 1. The van der Waals surface area contributed by atoms with E-state index in [1.54, 1.807) is 14.2 Å². The van der Waals surface area contributed by atoms with Crippen molar-refractivity contribution in [3.63, 3.8) is 0 Å². The van der Waals surface area contributed by atoms with Crippen molar-refractivity contribution >= 4 is 29.9 Å². The Balaban J connectivity index is 0.00000420. The van der Waals surface area contributed by atoms with Gasteiger partial charge in [0.15, 0.2) is 17.5 Å². The third-order valence-electron chi connectivity index (χ3n) is 4.06. The highest BCUT2D eigenvalue weighted by Gasteiger charge is 2.11. The van der Waals surface area contributed by atoms with Crippen molar-refractivity contribution in [2.24, 2.45) is 4.99 Å². The second kappa shape index (κ2) is 13.2. The van der Waals surface area contributed by atoms with Crippen LogP contribution in [0.5, 0.6) is 11.5 Å².